The molecule has 3 atom stereocenters. The third-order valence-electron chi connectivity index (χ3n) is 5.81. The summed E-state index contributed by atoms with van der Waals surface area (Å²) in [7, 11) is 0. The van der Waals surface area contributed by atoms with Gasteiger partial charge in [0.2, 0.25) is 5.91 Å². The number of carbonyl (C=O) groups excluding carboxylic acids is 1. The Kier molecular flexibility index (Phi) is 5.94. The van der Waals surface area contributed by atoms with E-state index in [1.165, 1.54) is 0 Å². The zero-order valence-electron chi connectivity index (χ0n) is 16.7. The second-order valence-corrected chi connectivity index (χ2v) is 7.76. The minimum atomic E-state index is -0.141. The number of nitrogens with one attached hydrogen (secondary N) is 1. The highest BCUT2D eigenvalue weighted by Crippen LogP contribution is 2.44. The van der Waals surface area contributed by atoms with Crippen LogP contribution in [0.25, 0.3) is 0 Å². The lowest BCUT2D eigenvalue weighted by atomic mass is 9.74. The van der Waals surface area contributed by atoms with Crippen molar-refractivity contribution in [2.45, 2.75) is 37.8 Å². The molecule has 1 aliphatic heterocycles. The standard InChI is InChI=1S/C24H27N3O2/c1-2-25-15-21-23(22(16-28)27(21)24(29)19-11-12-19)18-9-6-17(7-10-18)8-13-20-5-3-4-14-26-20/h3-7,9-10,14,19,21-23,25,28H,2,11-12,15-16H2,1H3/t21-,22-,23-/m1/s1. The lowest BCUT2D eigenvalue weighted by molar-refractivity contribution is -0.151. The van der Waals surface area contributed by atoms with Crippen molar-refractivity contribution < 1.29 is 9.90 Å². The second kappa shape index (κ2) is 8.77. The minimum absolute atomic E-state index is 0.00696. The van der Waals surface area contributed by atoms with Crippen molar-refractivity contribution in [1.82, 2.24) is 15.2 Å². The van der Waals surface area contributed by atoms with Crippen molar-refractivity contribution in [2.75, 3.05) is 19.7 Å². The van der Waals surface area contributed by atoms with Gasteiger partial charge in [-0.05, 0) is 55.1 Å². The van der Waals surface area contributed by atoms with E-state index < -0.39 is 0 Å². The van der Waals surface area contributed by atoms with Crippen LogP contribution in [0.5, 0.6) is 0 Å². The third kappa shape index (κ3) is 4.19. The molecule has 1 aromatic carbocycles. The van der Waals surface area contributed by atoms with Crippen LogP contribution in [-0.2, 0) is 4.79 Å². The Morgan fingerprint density at radius 2 is 1.97 bits per heavy atom. The number of aliphatic hydroxyl groups excluding tert-OH is 1. The first-order chi connectivity index (χ1) is 14.2. The number of hydrogen-bond acceptors (Lipinski definition) is 4. The lowest BCUT2D eigenvalue weighted by Gasteiger charge is -2.55. The average molecular weight is 389 g/mol. The number of amides is 1. The van der Waals surface area contributed by atoms with Crippen molar-refractivity contribution in [3.63, 3.8) is 0 Å². The Bertz CT molecular complexity index is 897. The molecule has 2 fully saturated rings. The van der Waals surface area contributed by atoms with Crippen LogP contribution in [-0.4, -0.2) is 52.7 Å². The maximum atomic E-state index is 12.7. The van der Waals surface area contributed by atoms with Gasteiger partial charge in [-0.2, -0.15) is 0 Å². The number of aliphatic hydroxyl groups is 1. The van der Waals surface area contributed by atoms with E-state index >= 15 is 0 Å². The van der Waals surface area contributed by atoms with Gasteiger partial charge < -0.3 is 15.3 Å². The topological polar surface area (TPSA) is 65.5 Å². The Labute approximate surface area is 172 Å². The van der Waals surface area contributed by atoms with E-state index in [4.69, 9.17) is 0 Å². The lowest BCUT2D eigenvalue weighted by Crippen LogP contribution is -2.68. The van der Waals surface area contributed by atoms with Gasteiger partial charge in [-0.25, -0.2) is 4.98 Å². The van der Waals surface area contributed by atoms with Crippen LogP contribution in [0.4, 0.5) is 0 Å². The van der Waals surface area contributed by atoms with Crippen molar-refractivity contribution in [3.05, 3.63) is 65.5 Å². The van der Waals surface area contributed by atoms with Crippen LogP contribution < -0.4 is 5.32 Å². The van der Waals surface area contributed by atoms with E-state index in [2.05, 4.69) is 41.2 Å². The highest BCUT2D eigenvalue weighted by atomic mass is 16.3. The molecule has 0 bridgehead atoms. The maximum absolute atomic E-state index is 12.7. The average Bonchev–Trinajstić information content (AvgIpc) is 3.59. The predicted octanol–water partition coefficient (Wildman–Crippen LogP) is 2.16. The molecule has 5 nitrogen and oxygen atoms in total. The summed E-state index contributed by atoms with van der Waals surface area (Å²) in [5.74, 6) is 6.73. The van der Waals surface area contributed by atoms with Crippen LogP contribution in [0.1, 0.15) is 42.5 Å². The van der Waals surface area contributed by atoms with Crippen LogP contribution in [0.2, 0.25) is 0 Å². The van der Waals surface area contributed by atoms with Gasteiger partial charge >= 0.3 is 0 Å². The number of nitrogens with zero attached hydrogens (tertiary/aromatic N) is 2. The fraction of sp³-hybridized carbons (Fsp3) is 0.417. The van der Waals surface area contributed by atoms with Gasteiger partial charge in [0, 0.05) is 30.1 Å². The van der Waals surface area contributed by atoms with E-state index in [0.29, 0.717) is 0 Å². The maximum Gasteiger partial charge on any atom is 0.226 e. The number of likely N-dealkylation sites (tertiary alicyclic amines) is 1. The normalized spacial score (nSPS) is 23.1. The largest absolute Gasteiger partial charge is 0.394 e. The van der Waals surface area contributed by atoms with Crippen molar-refractivity contribution >= 4 is 5.91 Å². The Morgan fingerprint density at radius 1 is 1.17 bits per heavy atom. The molecular weight excluding hydrogens is 362 g/mol. The van der Waals surface area contributed by atoms with Crippen LogP contribution >= 0.6 is 0 Å². The molecule has 0 unspecified atom stereocenters. The summed E-state index contributed by atoms with van der Waals surface area (Å²) in [6, 6.07) is 13.8. The number of pyridine rings is 1. The summed E-state index contributed by atoms with van der Waals surface area (Å²) >= 11 is 0. The number of benzene rings is 1. The summed E-state index contributed by atoms with van der Waals surface area (Å²) in [4.78, 5) is 18.9. The van der Waals surface area contributed by atoms with Crippen LogP contribution in [0.15, 0.2) is 48.7 Å². The number of aromatic nitrogens is 1. The van der Waals surface area contributed by atoms with Gasteiger partial charge in [0.05, 0.1) is 18.7 Å². The van der Waals surface area contributed by atoms with E-state index in [9.17, 15) is 9.90 Å². The number of likely N-dealkylation sites (N-methyl/N-ethyl adjacent to an activating group) is 1. The molecule has 2 aromatic rings. The summed E-state index contributed by atoms with van der Waals surface area (Å²) in [5, 5.41) is 13.4. The molecule has 1 aliphatic carbocycles. The highest BCUT2D eigenvalue weighted by molar-refractivity contribution is 5.83. The summed E-state index contributed by atoms with van der Waals surface area (Å²) in [6.45, 7) is 3.67. The van der Waals surface area contributed by atoms with Gasteiger partial charge in [-0.3, -0.25) is 4.79 Å². The van der Waals surface area contributed by atoms with Gasteiger partial charge in [0.25, 0.3) is 0 Å². The predicted molar refractivity (Wildman–Crippen MR) is 112 cm³/mol. The monoisotopic (exact) mass is 389 g/mol. The van der Waals surface area contributed by atoms with Crippen molar-refractivity contribution in [3.8, 4) is 11.8 Å². The quantitative estimate of drug-likeness (QED) is 0.743. The van der Waals surface area contributed by atoms with E-state index in [-0.39, 0.29) is 36.4 Å². The van der Waals surface area contributed by atoms with Crippen LogP contribution in [0, 0.1) is 17.8 Å². The second-order valence-electron chi connectivity index (χ2n) is 7.76. The number of hydrogen-bond donors (Lipinski definition) is 2. The number of rotatable bonds is 6. The SMILES string of the molecule is CCNC[C@@H]1[C@@H](c2ccc(C#Cc3ccccn3)cc2)[C@@H](CO)N1C(=O)C1CC1. The Hall–Kier alpha value is -2.68. The van der Waals surface area contributed by atoms with Gasteiger partial charge in [-0.15, -0.1) is 0 Å². The fourth-order valence-electron chi connectivity index (χ4n) is 4.14. The first-order valence-corrected chi connectivity index (χ1v) is 10.4. The molecule has 2 aliphatic rings. The van der Waals surface area contributed by atoms with Gasteiger partial charge in [-0.1, -0.05) is 31.0 Å². The first kappa shape index (κ1) is 19.6. The molecule has 4 rings (SSSR count). The summed E-state index contributed by atoms with van der Waals surface area (Å²) in [6.07, 6.45) is 3.70. The molecule has 5 heteroatoms. The fourth-order valence-corrected chi connectivity index (χ4v) is 4.14. The highest BCUT2D eigenvalue weighted by Gasteiger charge is 2.53. The number of carbonyl (C=O) groups is 1. The minimum Gasteiger partial charge on any atom is -0.394 e. The molecule has 1 saturated heterocycles. The molecule has 0 radical (unpaired) electrons. The molecule has 1 amide bonds. The first-order valence-electron chi connectivity index (χ1n) is 10.4. The van der Waals surface area contributed by atoms with Crippen molar-refractivity contribution in [2.24, 2.45) is 5.92 Å². The van der Waals surface area contributed by atoms with E-state index in [1.54, 1.807) is 6.20 Å². The van der Waals surface area contributed by atoms with E-state index in [1.807, 2.05) is 35.2 Å². The van der Waals surface area contributed by atoms with Gasteiger partial charge in [0.1, 0.15) is 5.69 Å². The molecule has 1 aromatic heterocycles. The third-order valence-corrected chi connectivity index (χ3v) is 5.81. The molecule has 2 N–H and O–H groups in total. The van der Waals surface area contributed by atoms with Crippen LogP contribution in [0.3, 0.4) is 0 Å². The molecular formula is C24H27N3O2. The van der Waals surface area contributed by atoms with Gasteiger partial charge in [0.15, 0.2) is 0 Å². The molecule has 1 saturated carbocycles. The summed E-state index contributed by atoms with van der Waals surface area (Å²) in [5.41, 5.74) is 2.82. The molecule has 29 heavy (non-hydrogen) atoms. The smallest absolute Gasteiger partial charge is 0.226 e. The van der Waals surface area contributed by atoms with Crippen molar-refractivity contribution in [1.29, 1.82) is 0 Å². The molecule has 150 valence electrons. The molecule has 2 heterocycles. The zero-order chi connectivity index (χ0) is 20.2. The molecule has 0 spiro atoms. The zero-order valence-corrected chi connectivity index (χ0v) is 16.7. The Morgan fingerprint density at radius 3 is 2.59 bits per heavy atom. The van der Waals surface area contributed by atoms with E-state index in [0.717, 1.165) is 42.8 Å². The summed E-state index contributed by atoms with van der Waals surface area (Å²) < 4.78 is 0. The Balaban J connectivity index is 1.52.